The van der Waals surface area contributed by atoms with Gasteiger partial charge in [0.2, 0.25) is 0 Å². The number of fused-ring (bicyclic) bond motifs is 4. The Morgan fingerprint density at radius 2 is 1.61 bits per heavy atom. The van der Waals surface area contributed by atoms with Crippen LogP contribution in [0.5, 0.6) is 0 Å². The van der Waals surface area contributed by atoms with Crippen molar-refractivity contribution in [1.82, 2.24) is 19.5 Å². The summed E-state index contributed by atoms with van der Waals surface area (Å²) in [7, 11) is 0. The van der Waals surface area contributed by atoms with Crippen LogP contribution >= 0.6 is 0 Å². The van der Waals surface area contributed by atoms with Gasteiger partial charge in [-0.05, 0) is 29.7 Å². The molecule has 0 unspecified atom stereocenters. The number of aromatic nitrogens is 4. The number of nitrogens with two attached hydrogens (primary N) is 1. The first-order valence-corrected chi connectivity index (χ1v) is 10.9. The standard InChI is InChI=1S/C27H21N5O/c28-14-18-7-5-8-19(29-18)15-32-16-22(21-10-3-4-11-24(21)32)26-27(33)30-23-13-12-17-6-1-2-9-20(17)25(23)31-26/h1-13,16H,14-15,28H2,(H,30,33). The van der Waals surface area contributed by atoms with Crippen molar-refractivity contribution in [3.8, 4) is 11.3 Å². The Morgan fingerprint density at radius 3 is 2.48 bits per heavy atom. The highest BCUT2D eigenvalue weighted by Crippen LogP contribution is 2.30. The van der Waals surface area contributed by atoms with Gasteiger partial charge in [-0.15, -0.1) is 0 Å². The summed E-state index contributed by atoms with van der Waals surface area (Å²) in [6.07, 6.45) is 2.00. The number of hydrogen-bond acceptors (Lipinski definition) is 4. The van der Waals surface area contributed by atoms with Gasteiger partial charge in [-0.2, -0.15) is 0 Å². The number of nitrogens with zero attached hydrogens (tertiary/aromatic N) is 3. The van der Waals surface area contributed by atoms with E-state index in [0.717, 1.165) is 49.7 Å². The lowest BCUT2D eigenvalue weighted by Gasteiger charge is -2.06. The van der Waals surface area contributed by atoms with Crippen molar-refractivity contribution in [2.45, 2.75) is 13.1 Å². The van der Waals surface area contributed by atoms with E-state index in [-0.39, 0.29) is 5.56 Å². The third-order valence-electron chi connectivity index (χ3n) is 6.04. The molecule has 0 saturated carbocycles. The Labute approximate surface area is 189 Å². The number of aromatic amines is 1. The predicted octanol–water partition coefficient (Wildman–Crippen LogP) is 4.60. The fourth-order valence-corrected chi connectivity index (χ4v) is 4.47. The van der Waals surface area contributed by atoms with Crippen LogP contribution in [0, 0.1) is 0 Å². The molecule has 3 aromatic carbocycles. The minimum Gasteiger partial charge on any atom is -0.341 e. The highest BCUT2D eigenvalue weighted by molar-refractivity contribution is 6.05. The molecule has 3 heterocycles. The largest absolute Gasteiger partial charge is 0.341 e. The highest BCUT2D eigenvalue weighted by Gasteiger charge is 2.16. The van der Waals surface area contributed by atoms with E-state index in [2.05, 4.69) is 26.7 Å². The zero-order chi connectivity index (χ0) is 22.4. The van der Waals surface area contributed by atoms with Crippen LogP contribution in [0.4, 0.5) is 0 Å². The second kappa shape index (κ2) is 7.69. The summed E-state index contributed by atoms with van der Waals surface area (Å²) in [5, 5.41) is 3.08. The SMILES string of the molecule is NCc1cccc(Cn2cc(-c3nc4c(ccc5ccccc54)[nH]c3=O)c3ccccc32)n1. The van der Waals surface area contributed by atoms with Crippen LogP contribution in [-0.4, -0.2) is 19.5 Å². The molecule has 6 heteroatoms. The molecular formula is C27H21N5O. The Morgan fingerprint density at radius 1 is 0.818 bits per heavy atom. The topological polar surface area (TPSA) is 89.6 Å². The lowest BCUT2D eigenvalue weighted by molar-refractivity contribution is 0.795. The number of rotatable bonds is 4. The normalized spacial score (nSPS) is 11.5. The molecule has 160 valence electrons. The fraction of sp³-hybridized carbons (Fsp3) is 0.0741. The predicted molar refractivity (Wildman–Crippen MR) is 132 cm³/mol. The van der Waals surface area contributed by atoms with Gasteiger partial charge in [-0.3, -0.25) is 9.78 Å². The van der Waals surface area contributed by atoms with Crippen molar-refractivity contribution >= 4 is 32.7 Å². The van der Waals surface area contributed by atoms with Gasteiger partial charge in [0, 0.05) is 34.6 Å². The van der Waals surface area contributed by atoms with Crippen molar-refractivity contribution in [1.29, 1.82) is 0 Å². The molecular weight excluding hydrogens is 410 g/mol. The summed E-state index contributed by atoms with van der Waals surface area (Å²) in [4.78, 5) is 25.7. The van der Waals surface area contributed by atoms with Crippen LogP contribution in [0.1, 0.15) is 11.4 Å². The van der Waals surface area contributed by atoms with Gasteiger partial charge in [0.15, 0.2) is 0 Å². The van der Waals surface area contributed by atoms with Crippen molar-refractivity contribution in [3.63, 3.8) is 0 Å². The van der Waals surface area contributed by atoms with Crippen molar-refractivity contribution in [3.05, 3.63) is 107 Å². The second-order valence-corrected chi connectivity index (χ2v) is 8.11. The summed E-state index contributed by atoms with van der Waals surface area (Å²) in [5.74, 6) is 0. The lowest BCUT2D eigenvalue weighted by atomic mass is 10.1. The quantitative estimate of drug-likeness (QED) is 0.399. The second-order valence-electron chi connectivity index (χ2n) is 8.11. The highest BCUT2D eigenvalue weighted by atomic mass is 16.1. The third kappa shape index (κ3) is 3.28. The Balaban J connectivity index is 1.56. The molecule has 0 radical (unpaired) electrons. The van der Waals surface area contributed by atoms with E-state index in [1.807, 2.05) is 72.9 Å². The minimum absolute atomic E-state index is 0.205. The molecule has 3 aromatic heterocycles. The molecule has 0 amide bonds. The third-order valence-corrected chi connectivity index (χ3v) is 6.04. The summed E-state index contributed by atoms with van der Waals surface area (Å²) >= 11 is 0. The van der Waals surface area contributed by atoms with Crippen LogP contribution in [0.25, 0.3) is 44.0 Å². The molecule has 0 aliphatic heterocycles. The monoisotopic (exact) mass is 431 g/mol. The zero-order valence-electron chi connectivity index (χ0n) is 17.8. The van der Waals surface area contributed by atoms with E-state index in [4.69, 9.17) is 10.7 Å². The molecule has 6 rings (SSSR count). The van der Waals surface area contributed by atoms with Gasteiger partial charge in [0.1, 0.15) is 5.69 Å². The maximum absolute atomic E-state index is 13.1. The van der Waals surface area contributed by atoms with Crippen LogP contribution < -0.4 is 11.3 Å². The van der Waals surface area contributed by atoms with Crippen molar-refractivity contribution < 1.29 is 0 Å². The maximum atomic E-state index is 13.1. The van der Waals surface area contributed by atoms with Crippen LogP contribution in [0.15, 0.2) is 89.9 Å². The average Bonchev–Trinajstić information content (AvgIpc) is 3.21. The van der Waals surface area contributed by atoms with Crippen molar-refractivity contribution in [2.24, 2.45) is 5.73 Å². The van der Waals surface area contributed by atoms with Gasteiger partial charge < -0.3 is 15.3 Å². The summed E-state index contributed by atoms with van der Waals surface area (Å²) < 4.78 is 2.11. The first-order valence-electron chi connectivity index (χ1n) is 10.9. The smallest absolute Gasteiger partial charge is 0.275 e. The number of H-pyrrole nitrogens is 1. The van der Waals surface area contributed by atoms with E-state index < -0.39 is 0 Å². The van der Waals surface area contributed by atoms with Crippen LogP contribution in [0.3, 0.4) is 0 Å². The van der Waals surface area contributed by atoms with E-state index in [9.17, 15) is 4.79 Å². The van der Waals surface area contributed by atoms with Crippen LogP contribution in [0.2, 0.25) is 0 Å². The summed E-state index contributed by atoms with van der Waals surface area (Å²) in [6.45, 7) is 0.971. The van der Waals surface area contributed by atoms with Crippen molar-refractivity contribution in [2.75, 3.05) is 0 Å². The number of benzene rings is 3. The van der Waals surface area contributed by atoms with Crippen LogP contribution in [-0.2, 0) is 13.1 Å². The molecule has 0 atom stereocenters. The Kier molecular flexibility index (Phi) is 4.52. The number of nitrogens with one attached hydrogen (secondary N) is 1. The molecule has 0 spiro atoms. The van der Waals surface area contributed by atoms with E-state index in [1.165, 1.54) is 0 Å². The molecule has 6 nitrogen and oxygen atoms in total. The van der Waals surface area contributed by atoms with E-state index >= 15 is 0 Å². The van der Waals surface area contributed by atoms with Gasteiger partial charge in [0.05, 0.1) is 29.0 Å². The first kappa shape index (κ1) is 19.4. The maximum Gasteiger partial charge on any atom is 0.275 e. The lowest BCUT2D eigenvalue weighted by Crippen LogP contribution is -2.11. The molecule has 3 N–H and O–H groups in total. The fourth-order valence-electron chi connectivity index (χ4n) is 4.47. The Bertz CT molecular complexity index is 1710. The molecule has 0 bridgehead atoms. The molecule has 0 aliphatic carbocycles. The Hall–Kier alpha value is -4.29. The summed E-state index contributed by atoms with van der Waals surface area (Å²) in [6, 6.07) is 25.9. The molecule has 0 saturated heterocycles. The molecule has 0 aliphatic rings. The first-order chi connectivity index (χ1) is 16.2. The van der Waals surface area contributed by atoms with E-state index in [0.29, 0.717) is 18.8 Å². The van der Waals surface area contributed by atoms with Gasteiger partial charge in [0.25, 0.3) is 5.56 Å². The minimum atomic E-state index is -0.205. The average molecular weight is 431 g/mol. The number of hydrogen-bond donors (Lipinski definition) is 2. The summed E-state index contributed by atoms with van der Waals surface area (Å²) in [5.41, 5.74) is 11.1. The number of para-hydroxylation sites is 1. The van der Waals surface area contributed by atoms with Gasteiger partial charge >= 0.3 is 0 Å². The number of pyridine rings is 1. The molecule has 0 fully saturated rings. The van der Waals surface area contributed by atoms with Gasteiger partial charge in [-0.25, -0.2) is 4.98 Å². The van der Waals surface area contributed by atoms with Gasteiger partial charge in [-0.1, -0.05) is 54.6 Å². The molecule has 33 heavy (non-hydrogen) atoms. The zero-order valence-corrected chi connectivity index (χ0v) is 17.8. The van der Waals surface area contributed by atoms with E-state index in [1.54, 1.807) is 0 Å². The molecule has 6 aromatic rings.